The molecule has 152 valence electrons. The molecule has 7 heteroatoms. The molecule has 1 N–H and O–H groups in total. The number of anilines is 1. The molecule has 1 amide bonds. The highest BCUT2D eigenvalue weighted by molar-refractivity contribution is 5.94. The minimum atomic E-state index is -0.166. The number of rotatable bonds is 6. The number of amides is 1. The van der Waals surface area contributed by atoms with Crippen LogP contribution in [0.4, 0.5) is 5.82 Å². The second-order valence-electron chi connectivity index (χ2n) is 6.75. The lowest BCUT2D eigenvalue weighted by Gasteiger charge is -2.24. The van der Waals surface area contributed by atoms with Gasteiger partial charge in [-0.1, -0.05) is 18.1 Å². The first-order chi connectivity index (χ1) is 14.6. The van der Waals surface area contributed by atoms with Crippen LogP contribution in [0, 0.1) is 12.3 Å². The SMILES string of the molecule is C#CCOc1ccc(C2CC(=O)Nc3c2ncn3-c2ccc(OC)cc2OC)cc1. The Balaban J connectivity index is 1.72. The van der Waals surface area contributed by atoms with Gasteiger partial charge in [-0.2, -0.15) is 0 Å². The van der Waals surface area contributed by atoms with Crippen molar-refractivity contribution in [1.82, 2.24) is 9.55 Å². The van der Waals surface area contributed by atoms with E-state index in [0.29, 0.717) is 29.5 Å². The zero-order valence-electron chi connectivity index (χ0n) is 16.7. The second-order valence-corrected chi connectivity index (χ2v) is 6.75. The number of fused-ring (bicyclic) bond motifs is 1. The number of hydrogen-bond acceptors (Lipinski definition) is 5. The van der Waals surface area contributed by atoms with Crippen molar-refractivity contribution >= 4 is 11.7 Å². The number of ether oxygens (including phenoxy) is 3. The molecule has 1 aliphatic heterocycles. The molecule has 30 heavy (non-hydrogen) atoms. The normalized spacial score (nSPS) is 15.0. The number of nitrogens with zero attached hydrogens (tertiary/aromatic N) is 2. The Hall–Kier alpha value is -3.92. The van der Waals surface area contributed by atoms with Crippen LogP contribution < -0.4 is 19.5 Å². The standard InChI is InChI=1S/C23H21N3O4/c1-4-11-30-16-7-5-15(6-8-16)18-13-21(27)25-23-22(18)24-14-26(23)19-10-9-17(28-2)12-20(19)29-3/h1,5-10,12,14,18H,11,13H2,2-3H3,(H,25,27). The van der Waals surface area contributed by atoms with E-state index in [1.54, 1.807) is 26.6 Å². The third kappa shape index (κ3) is 3.55. The molecule has 0 fully saturated rings. The fraction of sp³-hybridized carbons (Fsp3) is 0.217. The van der Waals surface area contributed by atoms with Crippen molar-refractivity contribution in [3.8, 4) is 35.3 Å². The summed E-state index contributed by atoms with van der Waals surface area (Å²) < 4.78 is 18.0. The van der Waals surface area contributed by atoms with Crippen molar-refractivity contribution in [1.29, 1.82) is 0 Å². The van der Waals surface area contributed by atoms with Gasteiger partial charge in [0.15, 0.2) is 0 Å². The van der Waals surface area contributed by atoms with E-state index in [2.05, 4.69) is 16.2 Å². The number of aromatic nitrogens is 2. The molecule has 1 unspecified atom stereocenters. The van der Waals surface area contributed by atoms with Gasteiger partial charge in [0, 0.05) is 18.4 Å². The average molecular weight is 403 g/mol. The van der Waals surface area contributed by atoms with Crippen LogP contribution in [0.15, 0.2) is 48.8 Å². The summed E-state index contributed by atoms with van der Waals surface area (Å²) in [6.45, 7) is 0.212. The van der Waals surface area contributed by atoms with Gasteiger partial charge in [-0.25, -0.2) is 4.98 Å². The van der Waals surface area contributed by atoms with Gasteiger partial charge in [0.05, 0.1) is 25.6 Å². The van der Waals surface area contributed by atoms with Gasteiger partial charge < -0.3 is 19.5 Å². The Morgan fingerprint density at radius 3 is 2.63 bits per heavy atom. The predicted molar refractivity (Wildman–Crippen MR) is 113 cm³/mol. The molecule has 7 nitrogen and oxygen atoms in total. The van der Waals surface area contributed by atoms with E-state index in [-0.39, 0.29) is 18.4 Å². The maximum atomic E-state index is 12.5. The molecule has 0 saturated heterocycles. The average Bonchev–Trinajstić information content (AvgIpc) is 3.20. The number of nitrogens with one attached hydrogen (secondary N) is 1. The van der Waals surface area contributed by atoms with Gasteiger partial charge in [0.1, 0.15) is 36.0 Å². The fourth-order valence-electron chi connectivity index (χ4n) is 3.57. The largest absolute Gasteiger partial charge is 0.497 e. The van der Waals surface area contributed by atoms with Gasteiger partial charge in [-0.3, -0.25) is 9.36 Å². The molecular weight excluding hydrogens is 382 g/mol. The molecular formula is C23H21N3O4. The first-order valence-corrected chi connectivity index (χ1v) is 9.40. The van der Waals surface area contributed by atoms with Crippen molar-refractivity contribution in [3.63, 3.8) is 0 Å². The molecule has 0 spiro atoms. The van der Waals surface area contributed by atoms with Crippen molar-refractivity contribution in [2.45, 2.75) is 12.3 Å². The Morgan fingerprint density at radius 2 is 1.93 bits per heavy atom. The Kier molecular flexibility index (Phi) is 5.31. The van der Waals surface area contributed by atoms with E-state index in [0.717, 1.165) is 16.9 Å². The van der Waals surface area contributed by atoms with Crippen LogP contribution >= 0.6 is 0 Å². The van der Waals surface area contributed by atoms with E-state index in [9.17, 15) is 4.79 Å². The second kappa shape index (κ2) is 8.21. The first kappa shape index (κ1) is 19.4. The molecule has 1 aliphatic rings. The fourth-order valence-corrected chi connectivity index (χ4v) is 3.57. The van der Waals surface area contributed by atoms with E-state index in [1.807, 2.05) is 41.0 Å². The number of carbonyl (C=O) groups excluding carboxylic acids is 1. The van der Waals surface area contributed by atoms with E-state index in [1.165, 1.54) is 0 Å². The Morgan fingerprint density at radius 1 is 1.17 bits per heavy atom. The van der Waals surface area contributed by atoms with E-state index >= 15 is 0 Å². The summed E-state index contributed by atoms with van der Waals surface area (Å²) >= 11 is 0. The highest BCUT2D eigenvalue weighted by Crippen LogP contribution is 2.39. The van der Waals surface area contributed by atoms with Crippen LogP contribution in [0.25, 0.3) is 5.69 Å². The third-order valence-electron chi connectivity index (χ3n) is 5.02. The van der Waals surface area contributed by atoms with Gasteiger partial charge in [-0.05, 0) is 29.8 Å². The molecule has 3 aromatic rings. The summed E-state index contributed by atoms with van der Waals surface area (Å²) in [6, 6.07) is 13.1. The lowest BCUT2D eigenvalue weighted by atomic mass is 9.90. The molecule has 1 aromatic heterocycles. The van der Waals surface area contributed by atoms with Crippen molar-refractivity contribution in [2.24, 2.45) is 0 Å². The zero-order valence-corrected chi connectivity index (χ0v) is 16.7. The summed E-state index contributed by atoms with van der Waals surface area (Å²) in [6.07, 6.45) is 7.24. The van der Waals surface area contributed by atoms with Crippen molar-refractivity contribution in [3.05, 3.63) is 60.0 Å². The maximum absolute atomic E-state index is 12.5. The first-order valence-electron chi connectivity index (χ1n) is 9.40. The number of methoxy groups -OCH3 is 2. The number of imidazole rings is 1. The highest BCUT2D eigenvalue weighted by Gasteiger charge is 2.31. The Bertz CT molecular complexity index is 1110. The quantitative estimate of drug-likeness (QED) is 0.639. The zero-order chi connectivity index (χ0) is 21.1. The van der Waals surface area contributed by atoms with Crippen molar-refractivity contribution < 1.29 is 19.0 Å². The monoisotopic (exact) mass is 403 g/mol. The summed E-state index contributed by atoms with van der Waals surface area (Å²) in [5, 5.41) is 2.95. The molecule has 2 aromatic carbocycles. The van der Waals surface area contributed by atoms with E-state index < -0.39 is 0 Å². The number of benzene rings is 2. The summed E-state index contributed by atoms with van der Waals surface area (Å²) in [5.74, 6) is 4.81. The van der Waals surface area contributed by atoms with Crippen LogP contribution in [0.3, 0.4) is 0 Å². The Labute approximate surface area is 174 Å². The van der Waals surface area contributed by atoms with Gasteiger partial charge in [0.25, 0.3) is 0 Å². The predicted octanol–water partition coefficient (Wildman–Crippen LogP) is 3.38. The molecule has 0 saturated carbocycles. The number of terminal acetylenes is 1. The van der Waals surface area contributed by atoms with Gasteiger partial charge >= 0.3 is 0 Å². The van der Waals surface area contributed by atoms with Crippen LogP contribution in [0.2, 0.25) is 0 Å². The number of carbonyl (C=O) groups is 1. The summed E-state index contributed by atoms with van der Waals surface area (Å²) in [4.78, 5) is 17.1. The summed E-state index contributed by atoms with van der Waals surface area (Å²) in [5.41, 5.74) is 2.53. The van der Waals surface area contributed by atoms with Crippen LogP contribution in [0.1, 0.15) is 23.6 Å². The lowest BCUT2D eigenvalue weighted by Crippen LogP contribution is -2.25. The molecule has 0 radical (unpaired) electrons. The van der Waals surface area contributed by atoms with Gasteiger partial charge in [-0.15, -0.1) is 6.42 Å². The highest BCUT2D eigenvalue weighted by atomic mass is 16.5. The topological polar surface area (TPSA) is 74.6 Å². The van der Waals surface area contributed by atoms with E-state index in [4.69, 9.17) is 20.6 Å². The van der Waals surface area contributed by atoms with Crippen LogP contribution in [-0.2, 0) is 4.79 Å². The minimum absolute atomic E-state index is 0.0746. The third-order valence-corrected chi connectivity index (χ3v) is 5.02. The maximum Gasteiger partial charge on any atom is 0.226 e. The summed E-state index contributed by atoms with van der Waals surface area (Å²) in [7, 11) is 3.19. The molecule has 1 atom stereocenters. The lowest BCUT2D eigenvalue weighted by molar-refractivity contribution is -0.116. The minimum Gasteiger partial charge on any atom is -0.497 e. The van der Waals surface area contributed by atoms with Crippen LogP contribution in [0.5, 0.6) is 17.2 Å². The molecule has 0 bridgehead atoms. The van der Waals surface area contributed by atoms with Crippen LogP contribution in [-0.4, -0.2) is 36.3 Å². The molecule has 4 rings (SSSR count). The van der Waals surface area contributed by atoms with Gasteiger partial charge in [0.2, 0.25) is 5.91 Å². The molecule has 0 aliphatic carbocycles. The molecule has 2 heterocycles. The van der Waals surface area contributed by atoms with Crippen molar-refractivity contribution in [2.75, 3.05) is 26.1 Å². The number of hydrogen-bond donors (Lipinski definition) is 1. The smallest absolute Gasteiger partial charge is 0.226 e.